The lowest BCUT2D eigenvalue weighted by atomic mass is 10.0. The number of hydrogen-bond donors (Lipinski definition) is 1. The van der Waals surface area contributed by atoms with Crippen molar-refractivity contribution in [2.24, 2.45) is 0 Å². The molecule has 0 spiro atoms. The molecule has 2 heterocycles. The summed E-state index contributed by atoms with van der Waals surface area (Å²) in [7, 11) is 0. The number of pyridine rings is 1. The van der Waals surface area contributed by atoms with Gasteiger partial charge in [0.05, 0.1) is 0 Å². The van der Waals surface area contributed by atoms with Gasteiger partial charge in [-0.25, -0.2) is 0 Å². The SMILES string of the molecule is CCN1C(=O)C[n+]2ccccc2[C@H]1C(=O)Nc1c(C)cccc1C. The molecule has 24 heavy (non-hydrogen) atoms. The summed E-state index contributed by atoms with van der Waals surface area (Å²) in [6, 6.07) is 11.0. The number of nitrogens with one attached hydrogen (secondary N) is 1. The first-order valence-electron chi connectivity index (χ1n) is 8.18. The lowest BCUT2D eigenvalue weighted by Crippen LogP contribution is -2.58. The van der Waals surface area contributed by atoms with Gasteiger partial charge in [0.15, 0.2) is 12.2 Å². The topological polar surface area (TPSA) is 53.3 Å². The van der Waals surface area contributed by atoms with Crippen molar-refractivity contribution in [2.75, 3.05) is 11.9 Å². The Bertz CT molecular complexity index is 781. The van der Waals surface area contributed by atoms with Crippen molar-refractivity contribution in [3.63, 3.8) is 0 Å². The molecule has 0 fully saturated rings. The Balaban J connectivity index is 1.99. The van der Waals surface area contributed by atoms with E-state index in [9.17, 15) is 9.59 Å². The third-order valence-corrected chi connectivity index (χ3v) is 4.51. The van der Waals surface area contributed by atoms with Crippen LogP contribution in [0.5, 0.6) is 0 Å². The van der Waals surface area contributed by atoms with Crippen LogP contribution in [0.25, 0.3) is 0 Å². The van der Waals surface area contributed by atoms with Gasteiger partial charge in [-0.15, -0.1) is 0 Å². The van der Waals surface area contributed by atoms with Gasteiger partial charge >= 0.3 is 0 Å². The molecule has 2 aromatic rings. The van der Waals surface area contributed by atoms with Crippen molar-refractivity contribution in [2.45, 2.75) is 33.4 Å². The van der Waals surface area contributed by atoms with E-state index in [0.717, 1.165) is 22.5 Å². The summed E-state index contributed by atoms with van der Waals surface area (Å²) >= 11 is 0. The van der Waals surface area contributed by atoms with E-state index in [2.05, 4.69) is 5.32 Å². The fraction of sp³-hybridized carbons (Fsp3) is 0.316. The van der Waals surface area contributed by atoms with E-state index in [1.54, 1.807) is 4.90 Å². The van der Waals surface area contributed by atoms with E-state index in [1.807, 2.05) is 67.9 Å². The third-order valence-electron chi connectivity index (χ3n) is 4.51. The quantitative estimate of drug-likeness (QED) is 0.880. The van der Waals surface area contributed by atoms with Gasteiger partial charge in [0.1, 0.15) is 0 Å². The molecule has 0 unspecified atom stereocenters. The molecule has 1 aromatic heterocycles. The Morgan fingerprint density at radius 2 is 1.92 bits per heavy atom. The van der Waals surface area contributed by atoms with Crippen LogP contribution in [0.1, 0.15) is 29.8 Å². The van der Waals surface area contributed by atoms with Crippen molar-refractivity contribution < 1.29 is 14.2 Å². The second-order valence-corrected chi connectivity index (χ2v) is 6.09. The van der Waals surface area contributed by atoms with Crippen LogP contribution in [-0.4, -0.2) is 23.3 Å². The number of para-hydroxylation sites is 1. The number of nitrogens with zero attached hydrogens (tertiary/aromatic N) is 2. The number of rotatable bonds is 3. The number of aryl methyl sites for hydroxylation is 2. The zero-order valence-corrected chi connectivity index (χ0v) is 14.2. The lowest BCUT2D eigenvalue weighted by molar-refractivity contribution is -0.698. The van der Waals surface area contributed by atoms with Gasteiger partial charge in [0.25, 0.3) is 11.8 Å². The van der Waals surface area contributed by atoms with Crippen LogP contribution >= 0.6 is 0 Å². The predicted octanol–water partition coefficient (Wildman–Crippen LogP) is 2.13. The normalized spacial score (nSPS) is 16.7. The molecule has 5 heteroatoms. The molecular formula is C19H22N3O2+. The minimum Gasteiger partial charge on any atom is -0.323 e. The summed E-state index contributed by atoms with van der Waals surface area (Å²) in [5.41, 5.74) is 3.67. The minimum atomic E-state index is -0.614. The number of hydrogen-bond acceptors (Lipinski definition) is 2. The third kappa shape index (κ3) is 2.77. The highest BCUT2D eigenvalue weighted by Gasteiger charge is 2.42. The summed E-state index contributed by atoms with van der Waals surface area (Å²) in [5, 5.41) is 3.03. The molecule has 0 saturated heterocycles. The molecule has 1 atom stereocenters. The maximum absolute atomic E-state index is 13.0. The molecular weight excluding hydrogens is 302 g/mol. The fourth-order valence-electron chi connectivity index (χ4n) is 3.26. The molecule has 3 rings (SSSR count). The summed E-state index contributed by atoms with van der Waals surface area (Å²) in [6.07, 6.45) is 1.85. The van der Waals surface area contributed by atoms with Crippen LogP contribution in [0.4, 0.5) is 5.69 Å². The first-order chi connectivity index (χ1) is 11.5. The molecule has 1 aromatic carbocycles. The highest BCUT2D eigenvalue weighted by Crippen LogP contribution is 2.26. The number of amides is 2. The van der Waals surface area contributed by atoms with E-state index in [0.29, 0.717) is 6.54 Å². The molecule has 2 amide bonds. The maximum Gasteiger partial charge on any atom is 0.289 e. The summed E-state index contributed by atoms with van der Waals surface area (Å²) in [6.45, 7) is 6.61. The second kappa shape index (κ2) is 6.43. The number of carbonyl (C=O) groups is 2. The largest absolute Gasteiger partial charge is 0.323 e. The zero-order chi connectivity index (χ0) is 17.3. The molecule has 0 bridgehead atoms. The van der Waals surface area contributed by atoms with Gasteiger partial charge in [-0.05, 0) is 31.9 Å². The van der Waals surface area contributed by atoms with Gasteiger partial charge < -0.3 is 10.2 Å². The lowest BCUT2D eigenvalue weighted by Gasteiger charge is -2.31. The van der Waals surface area contributed by atoms with Gasteiger partial charge in [-0.1, -0.05) is 24.3 Å². The number of carbonyl (C=O) groups excluding carboxylic acids is 2. The van der Waals surface area contributed by atoms with Gasteiger partial charge in [-0.3, -0.25) is 9.59 Å². The summed E-state index contributed by atoms with van der Waals surface area (Å²) in [5.74, 6) is -0.217. The van der Waals surface area contributed by atoms with E-state index in [-0.39, 0.29) is 18.4 Å². The van der Waals surface area contributed by atoms with E-state index < -0.39 is 6.04 Å². The number of fused-ring (bicyclic) bond motifs is 1. The van der Waals surface area contributed by atoms with E-state index in [1.165, 1.54) is 0 Å². The molecule has 0 radical (unpaired) electrons. The molecule has 1 N–H and O–H groups in total. The Morgan fingerprint density at radius 1 is 1.21 bits per heavy atom. The molecule has 1 aliphatic rings. The summed E-state index contributed by atoms with van der Waals surface area (Å²) < 4.78 is 1.85. The molecule has 0 aliphatic carbocycles. The average Bonchev–Trinajstić information content (AvgIpc) is 2.56. The van der Waals surface area contributed by atoms with Crippen LogP contribution in [0.2, 0.25) is 0 Å². The highest BCUT2D eigenvalue weighted by molar-refractivity contribution is 5.98. The van der Waals surface area contributed by atoms with Crippen molar-refractivity contribution in [3.8, 4) is 0 Å². The molecule has 5 nitrogen and oxygen atoms in total. The number of aromatic nitrogens is 1. The first-order valence-corrected chi connectivity index (χ1v) is 8.18. The number of likely N-dealkylation sites (N-methyl/N-ethyl adjacent to an activating group) is 1. The van der Waals surface area contributed by atoms with Crippen LogP contribution in [0.3, 0.4) is 0 Å². The average molecular weight is 324 g/mol. The van der Waals surface area contributed by atoms with E-state index in [4.69, 9.17) is 0 Å². The zero-order valence-electron chi connectivity index (χ0n) is 14.2. The van der Waals surface area contributed by atoms with Crippen molar-refractivity contribution in [1.29, 1.82) is 0 Å². The summed E-state index contributed by atoms with van der Waals surface area (Å²) in [4.78, 5) is 27.1. The Labute approximate surface area is 141 Å². The predicted molar refractivity (Wildman–Crippen MR) is 91.3 cm³/mol. The Kier molecular flexibility index (Phi) is 4.34. The Morgan fingerprint density at radius 3 is 2.58 bits per heavy atom. The van der Waals surface area contributed by atoms with Crippen molar-refractivity contribution in [3.05, 3.63) is 59.4 Å². The smallest absolute Gasteiger partial charge is 0.289 e. The van der Waals surface area contributed by atoms with E-state index >= 15 is 0 Å². The van der Waals surface area contributed by atoms with Crippen LogP contribution < -0.4 is 9.88 Å². The molecule has 124 valence electrons. The maximum atomic E-state index is 13.0. The van der Waals surface area contributed by atoms with Crippen molar-refractivity contribution in [1.82, 2.24) is 4.90 Å². The monoisotopic (exact) mass is 324 g/mol. The number of benzene rings is 1. The number of anilines is 1. The van der Waals surface area contributed by atoms with Crippen LogP contribution in [-0.2, 0) is 16.1 Å². The molecule has 1 aliphatic heterocycles. The second-order valence-electron chi connectivity index (χ2n) is 6.09. The fourth-order valence-corrected chi connectivity index (χ4v) is 3.26. The van der Waals surface area contributed by atoms with Crippen LogP contribution in [0, 0.1) is 13.8 Å². The van der Waals surface area contributed by atoms with Crippen molar-refractivity contribution >= 4 is 17.5 Å². The first kappa shape index (κ1) is 16.2. The van der Waals surface area contributed by atoms with Gasteiger partial charge in [0, 0.05) is 24.4 Å². The minimum absolute atomic E-state index is 0.0390. The van der Waals surface area contributed by atoms with Crippen LogP contribution in [0.15, 0.2) is 42.6 Å². The molecule has 0 saturated carbocycles. The standard InChI is InChI=1S/C19H21N3O2/c1-4-22-16(23)12-21-11-6-5-10-15(21)18(22)19(24)20-17-13(2)8-7-9-14(17)3/h5-11,18H,4,12H2,1-3H3/p+1/t18-/m0/s1. The van der Waals surface area contributed by atoms with Gasteiger partial charge in [-0.2, -0.15) is 4.57 Å². The van der Waals surface area contributed by atoms with Gasteiger partial charge in [0.2, 0.25) is 12.2 Å². The highest BCUT2D eigenvalue weighted by atomic mass is 16.2. The Hall–Kier alpha value is -2.69.